The highest BCUT2D eigenvalue weighted by atomic mass is 32.2. The Bertz CT molecular complexity index is 2290. The van der Waals surface area contributed by atoms with Crippen LogP contribution in [0.4, 0.5) is 5.95 Å². The molecule has 1 spiro atoms. The Labute approximate surface area is 295 Å². The van der Waals surface area contributed by atoms with Crippen molar-refractivity contribution < 1.29 is 27.5 Å². The highest BCUT2D eigenvalue weighted by Crippen LogP contribution is 2.37. The Morgan fingerprint density at radius 3 is 2.47 bits per heavy atom. The van der Waals surface area contributed by atoms with Crippen LogP contribution in [-0.2, 0) is 17.1 Å². The normalized spacial score (nSPS) is 16.9. The number of ether oxygens (including phenoxy) is 2. The van der Waals surface area contributed by atoms with Crippen molar-refractivity contribution in [3.05, 3.63) is 82.7 Å². The van der Waals surface area contributed by atoms with Crippen LogP contribution in [0.1, 0.15) is 50.4 Å². The van der Waals surface area contributed by atoms with Crippen LogP contribution < -0.4 is 19.5 Å². The van der Waals surface area contributed by atoms with Gasteiger partial charge in [-0.05, 0) is 62.9 Å². The molecule has 0 saturated carbocycles. The number of methoxy groups -OCH3 is 1. The van der Waals surface area contributed by atoms with E-state index in [1.54, 1.807) is 28.8 Å². The summed E-state index contributed by atoms with van der Waals surface area (Å²) >= 11 is 0. The van der Waals surface area contributed by atoms with Crippen LogP contribution in [0.2, 0.25) is 0 Å². The van der Waals surface area contributed by atoms with Crippen LogP contribution in [0.15, 0.2) is 59.6 Å². The lowest BCUT2D eigenvalue weighted by atomic mass is 9.78. The zero-order chi connectivity index (χ0) is 36.1. The summed E-state index contributed by atoms with van der Waals surface area (Å²) < 4.78 is 43.2. The number of sulfonamides is 1. The number of pyridine rings is 1. The molecule has 2 aliphatic heterocycles. The summed E-state index contributed by atoms with van der Waals surface area (Å²) in [6.45, 7) is 6.88. The molecule has 264 valence electrons. The molecule has 0 radical (unpaired) electrons. The van der Waals surface area contributed by atoms with Crippen LogP contribution in [0, 0.1) is 26.2 Å². The number of benzene rings is 2. The largest absolute Gasteiger partial charge is 0.495 e. The lowest BCUT2D eigenvalue weighted by molar-refractivity contribution is 0.0393. The standard InChI is InChI=1S/C36H38N8O6S/c1-21-8-6-9-22(2)29(21)27-17-28-40-35(39-27)42-51(47,48)25-11-7-10-24(16-25)33(45)38-19-36(20-50-28)12-14-44(15-13-36)34(46)26-18-37-32-30(31(26)49-5)23(3)41-43(32)4/h6-11,16-18H,12-15,19-20H2,1-5H3,(H,38,45)(H,39,40,42). The summed E-state index contributed by atoms with van der Waals surface area (Å²) in [6, 6.07) is 13.4. The van der Waals surface area contributed by atoms with E-state index in [9.17, 15) is 18.0 Å². The van der Waals surface area contributed by atoms with Crippen molar-refractivity contribution in [1.82, 2.24) is 34.9 Å². The number of hydrogen-bond acceptors (Lipinski definition) is 10. The fraction of sp³-hybridized carbons (Fsp3) is 0.333. The molecule has 2 aromatic carbocycles. The Kier molecular flexibility index (Phi) is 8.61. The zero-order valence-corrected chi connectivity index (χ0v) is 29.8. The minimum atomic E-state index is -4.16. The predicted octanol–water partition coefficient (Wildman–Crippen LogP) is 4.20. The number of aryl methyl sites for hydroxylation is 4. The van der Waals surface area contributed by atoms with Gasteiger partial charge in [-0.2, -0.15) is 10.1 Å². The van der Waals surface area contributed by atoms with Gasteiger partial charge in [-0.25, -0.2) is 23.1 Å². The van der Waals surface area contributed by atoms with Gasteiger partial charge in [0.1, 0.15) is 11.3 Å². The molecule has 5 heterocycles. The Hall–Kier alpha value is -5.57. The maximum atomic E-state index is 13.9. The number of amides is 2. The van der Waals surface area contributed by atoms with E-state index >= 15 is 0 Å². The summed E-state index contributed by atoms with van der Waals surface area (Å²) in [4.78, 5) is 42.6. The van der Waals surface area contributed by atoms with E-state index in [0.29, 0.717) is 59.7 Å². The molecule has 15 heteroatoms. The molecule has 7 rings (SSSR count). The van der Waals surface area contributed by atoms with Crippen LogP contribution >= 0.6 is 0 Å². The van der Waals surface area contributed by atoms with Gasteiger partial charge >= 0.3 is 0 Å². The molecule has 4 bridgehead atoms. The quantitative estimate of drug-likeness (QED) is 0.277. The molecule has 2 aliphatic rings. The van der Waals surface area contributed by atoms with Crippen molar-refractivity contribution >= 4 is 38.8 Å². The first-order chi connectivity index (χ1) is 24.4. The summed E-state index contributed by atoms with van der Waals surface area (Å²) in [5.41, 5.74) is 4.53. The number of likely N-dealkylation sites (tertiary alicyclic amines) is 1. The number of carbonyl (C=O) groups is 2. The van der Waals surface area contributed by atoms with Crippen molar-refractivity contribution in [2.24, 2.45) is 12.5 Å². The number of rotatable bonds is 3. The van der Waals surface area contributed by atoms with Crippen molar-refractivity contribution in [2.75, 3.05) is 38.1 Å². The van der Waals surface area contributed by atoms with Crippen molar-refractivity contribution in [3.63, 3.8) is 0 Å². The van der Waals surface area contributed by atoms with Crippen LogP contribution in [0.25, 0.3) is 22.3 Å². The number of hydrogen-bond donors (Lipinski definition) is 2. The molecule has 14 nitrogen and oxygen atoms in total. The highest BCUT2D eigenvalue weighted by Gasteiger charge is 2.39. The summed E-state index contributed by atoms with van der Waals surface area (Å²) in [6.07, 6.45) is 2.53. The van der Waals surface area contributed by atoms with E-state index < -0.39 is 21.3 Å². The Morgan fingerprint density at radius 1 is 1.02 bits per heavy atom. The van der Waals surface area contributed by atoms with Crippen molar-refractivity contribution in [1.29, 1.82) is 0 Å². The van der Waals surface area contributed by atoms with Gasteiger partial charge < -0.3 is 19.7 Å². The Balaban J connectivity index is 1.22. The molecule has 0 aliphatic carbocycles. The van der Waals surface area contributed by atoms with Gasteiger partial charge in [-0.1, -0.05) is 24.3 Å². The molecular formula is C36H38N8O6S. The molecule has 51 heavy (non-hydrogen) atoms. The first-order valence-electron chi connectivity index (χ1n) is 16.5. The molecule has 2 amide bonds. The average Bonchev–Trinajstić information content (AvgIpc) is 3.41. The van der Waals surface area contributed by atoms with Gasteiger partial charge in [0.05, 0.1) is 35.4 Å². The molecule has 5 aromatic rings. The van der Waals surface area contributed by atoms with E-state index in [-0.39, 0.29) is 41.3 Å². The number of carbonyl (C=O) groups excluding carboxylic acids is 2. The van der Waals surface area contributed by atoms with Gasteiger partial charge in [0.15, 0.2) is 5.65 Å². The molecular weight excluding hydrogens is 673 g/mol. The molecule has 0 atom stereocenters. The lowest BCUT2D eigenvalue weighted by Gasteiger charge is -2.41. The zero-order valence-electron chi connectivity index (χ0n) is 29.0. The Morgan fingerprint density at radius 2 is 1.75 bits per heavy atom. The first kappa shape index (κ1) is 33.9. The van der Waals surface area contributed by atoms with E-state index in [0.717, 1.165) is 16.7 Å². The third kappa shape index (κ3) is 6.33. The summed E-state index contributed by atoms with van der Waals surface area (Å²) in [7, 11) is -0.834. The maximum absolute atomic E-state index is 13.9. The van der Waals surface area contributed by atoms with Gasteiger partial charge in [0, 0.05) is 55.5 Å². The number of nitrogens with one attached hydrogen (secondary N) is 2. The molecule has 1 fully saturated rings. The van der Waals surface area contributed by atoms with Gasteiger partial charge in [-0.15, -0.1) is 0 Å². The second kappa shape index (κ2) is 13.0. The van der Waals surface area contributed by atoms with Crippen LogP contribution in [0.5, 0.6) is 11.6 Å². The monoisotopic (exact) mass is 710 g/mol. The average molecular weight is 711 g/mol. The second-order valence-corrected chi connectivity index (χ2v) is 14.9. The number of anilines is 1. The number of piperidine rings is 1. The minimum absolute atomic E-state index is 0.109. The third-order valence-corrected chi connectivity index (χ3v) is 11.1. The van der Waals surface area contributed by atoms with E-state index in [1.807, 2.05) is 39.0 Å². The smallest absolute Gasteiger partial charge is 0.264 e. The fourth-order valence-corrected chi connectivity index (χ4v) is 7.93. The molecule has 0 unspecified atom stereocenters. The molecule has 3 aromatic heterocycles. The minimum Gasteiger partial charge on any atom is -0.495 e. The number of nitrogens with zero attached hydrogens (tertiary/aromatic N) is 6. The first-order valence-corrected chi connectivity index (χ1v) is 18.0. The summed E-state index contributed by atoms with van der Waals surface area (Å²) in [5.74, 6) is -0.194. The predicted molar refractivity (Wildman–Crippen MR) is 189 cm³/mol. The van der Waals surface area contributed by atoms with Crippen LogP contribution in [-0.4, -0.2) is 83.2 Å². The van der Waals surface area contributed by atoms with Gasteiger partial charge in [-0.3, -0.25) is 14.3 Å². The third-order valence-electron chi connectivity index (χ3n) is 9.75. The fourth-order valence-electron chi connectivity index (χ4n) is 6.94. The summed E-state index contributed by atoms with van der Waals surface area (Å²) in [5, 5.41) is 8.14. The SMILES string of the molecule is COc1c(C(=O)N2CCC3(CC2)CNC(=O)c2cccc(c2)S(=O)(=O)Nc2nc(cc(-c4c(C)cccc4C)n2)OC3)cnc2c1c(C)nn2C. The van der Waals surface area contributed by atoms with Gasteiger partial charge in [0.2, 0.25) is 11.8 Å². The topological polar surface area (TPSA) is 171 Å². The van der Waals surface area contributed by atoms with Crippen molar-refractivity contribution in [2.45, 2.75) is 38.5 Å². The van der Waals surface area contributed by atoms with Crippen LogP contribution in [0.3, 0.4) is 0 Å². The molecule has 1 saturated heterocycles. The second-order valence-electron chi connectivity index (χ2n) is 13.2. The van der Waals surface area contributed by atoms with E-state index in [4.69, 9.17) is 9.47 Å². The van der Waals surface area contributed by atoms with E-state index in [1.165, 1.54) is 31.5 Å². The molecule has 2 N–H and O–H groups in total. The van der Waals surface area contributed by atoms with Gasteiger partial charge in [0.25, 0.3) is 21.8 Å². The van der Waals surface area contributed by atoms with Crippen molar-refractivity contribution in [3.8, 4) is 22.9 Å². The number of fused-ring (bicyclic) bond motifs is 5. The maximum Gasteiger partial charge on any atom is 0.264 e. The number of aromatic nitrogens is 5. The van der Waals surface area contributed by atoms with E-state index in [2.05, 4.69) is 30.1 Å². The highest BCUT2D eigenvalue weighted by molar-refractivity contribution is 7.92. The lowest BCUT2D eigenvalue weighted by Crippen LogP contribution is -2.50.